The standard InChI is InChI=1S/C13H18ClF3N2/c1-3-19(4-2)8-7-18-12-9-10(13(15,16)17)5-6-11(12)14/h5-6,9,18H,3-4,7-8H2,1-2H3. The highest BCUT2D eigenvalue weighted by molar-refractivity contribution is 6.33. The molecule has 1 aromatic carbocycles. The second-order valence-electron chi connectivity index (χ2n) is 4.15. The molecule has 0 saturated heterocycles. The lowest BCUT2D eigenvalue weighted by Gasteiger charge is -2.19. The second kappa shape index (κ2) is 7.01. The third-order valence-electron chi connectivity index (χ3n) is 2.93. The molecule has 0 aliphatic carbocycles. The summed E-state index contributed by atoms with van der Waals surface area (Å²) in [6, 6.07) is 3.30. The van der Waals surface area contributed by atoms with Crippen molar-refractivity contribution in [2.24, 2.45) is 0 Å². The molecular formula is C13H18ClF3N2. The van der Waals surface area contributed by atoms with Gasteiger partial charge in [-0.15, -0.1) is 0 Å². The minimum absolute atomic E-state index is 0.299. The maximum Gasteiger partial charge on any atom is 0.416 e. The van der Waals surface area contributed by atoms with Crippen LogP contribution in [-0.2, 0) is 6.18 Å². The number of halogens is 4. The van der Waals surface area contributed by atoms with E-state index in [0.29, 0.717) is 17.3 Å². The lowest BCUT2D eigenvalue weighted by atomic mass is 10.2. The molecule has 0 bridgehead atoms. The van der Waals surface area contributed by atoms with Crippen LogP contribution in [0, 0.1) is 0 Å². The van der Waals surface area contributed by atoms with E-state index in [9.17, 15) is 13.2 Å². The molecule has 1 rings (SSSR count). The van der Waals surface area contributed by atoms with Crippen LogP contribution >= 0.6 is 11.6 Å². The first kappa shape index (κ1) is 16.1. The number of rotatable bonds is 6. The first-order valence-electron chi connectivity index (χ1n) is 6.21. The van der Waals surface area contributed by atoms with Gasteiger partial charge in [-0.25, -0.2) is 0 Å². The van der Waals surface area contributed by atoms with Gasteiger partial charge in [0.15, 0.2) is 0 Å². The first-order valence-corrected chi connectivity index (χ1v) is 6.59. The van der Waals surface area contributed by atoms with Crippen LogP contribution in [0.4, 0.5) is 18.9 Å². The summed E-state index contributed by atoms with van der Waals surface area (Å²) < 4.78 is 37.7. The molecule has 6 heteroatoms. The molecule has 0 fully saturated rings. The van der Waals surface area contributed by atoms with E-state index in [-0.39, 0.29) is 0 Å². The summed E-state index contributed by atoms with van der Waals surface area (Å²) in [4.78, 5) is 2.18. The van der Waals surface area contributed by atoms with Crippen molar-refractivity contribution in [2.45, 2.75) is 20.0 Å². The Hall–Kier alpha value is -0.940. The predicted octanol–water partition coefficient (Wildman–Crippen LogP) is 4.11. The first-order chi connectivity index (χ1) is 8.88. The second-order valence-corrected chi connectivity index (χ2v) is 4.55. The number of hydrogen-bond acceptors (Lipinski definition) is 2. The van der Waals surface area contributed by atoms with Crippen molar-refractivity contribution in [2.75, 3.05) is 31.5 Å². The quantitative estimate of drug-likeness (QED) is 0.849. The van der Waals surface area contributed by atoms with Gasteiger partial charge in [-0.05, 0) is 31.3 Å². The Balaban J connectivity index is 2.67. The molecule has 0 heterocycles. The molecule has 0 aliphatic rings. The molecule has 2 nitrogen and oxygen atoms in total. The van der Waals surface area contributed by atoms with Gasteiger partial charge in [0.1, 0.15) is 0 Å². The number of alkyl halides is 3. The molecule has 1 aromatic rings. The summed E-state index contributed by atoms with van der Waals surface area (Å²) in [6.45, 7) is 7.23. The summed E-state index contributed by atoms with van der Waals surface area (Å²) in [5.41, 5.74) is -0.370. The van der Waals surface area contributed by atoms with Crippen LogP contribution in [0.2, 0.25) is 5.02 Å². The lowest BCUT2D eigenvalue weighted by Crippen LogP contribution is -2.28. The molecule has 0 radical (unpaired) electrons. The van der Waals surface area contributed by atoms with Gasteiger partial charge >= 0.3 is 6.18 Å². The molecule has 0 atom stereocenters. The zero-order valence-corrected chi connectivity index (χ0v) is 11.8. The third kappa shape index (κ3) is 4.91. The van der Waals surface area contributed by atoms with Crippen molar-refractivity contribution >= 4 is 17.3 Å². The van der Waals surface area contributed by atoms with E-state index >= 15 is 0 Å². The van der Waals surface area contributed by atoms with Gasteiger partial charge in [0, 0.05) is 13.1 Å². The number of hydrogen-bond donors (Lipinski definition) is 1. The van der Waals surface area contributed by atoms with Gasteiger partial charge < -0.3 is 10.2 Å². The molecular weight excluding hydrogens is 277 g/mol. The summed E-state index contributed by atoms with van der Waals surface area (Å²) in [5, 5.41) is 3.25. The van der Waals surface area contributed by atoms with Crippen LogP contribution in [-0.4, -0.2) is 31.1 Å². The van der Waals surface area contributed by atoms with Crippen molar-refractivity contribution in [3.05, 3.63) is 28.8 Å². The molecule has 0 aliphatic heterocycles. The maximum absolute atomic E-state index is 12.6. The van der Waals surface area contributed by atoms with E-state index < -0.39 is 11.7 Å². The lowest BCUT2D eigenvalue weighted by molar-refractivity contribution is -0.137. The van der Waals surface area contributed by atoms with E-state index in [1.807, 2.05) is 13.8 Å². The molecule has 0 spiro atoms. The maximum atomic E-state index is 12.6. The van der Waals surface area contributed by atoms with Crippen LogP contribution in [0.1, 0.15) is 19.4 Å². The average Bonchev–Trinajstić information content (AvgIpc) is 2.35. The molecule has 19 heavy (non-hydrogen) atoms. The smallest absolute Gasteiger partial charge is 0.383 e. The van der Waals surface area contributed by atoms with E-state index in [0.717, 1.165) is 31.8 Å². The number of nitrogens with zero attached hydrogens (tertiary/aromatic N) is 1. The van der Waals surface area contributed by atoms with Gasteiger partial charge in [0.05, 0.1) is 16.3 Å². The van der Waals surface area contributed by atoms with Crippen LogP contribution < -0.4 is 5.32 Å². The Morgan fingerprint density at radius 3 is 2.37 bits per heavy atom. The fourth-order valence-corrected chi connectivity index (χ4v) is 1.91. The molecule has 0 amide bonds. The average molecular weight is 295 g/mol. The van der Waals surface area contributed by atoms with Crippen LogP contribution in [0.25, 0.3) is 0 Å². The van der Waals surface area contributed by atoms with Crippen LogP contribution in [0.5, 0.6) is 0 Å². The van der Waals surface area contributed by atoms with Gasteiger partial charge in [-0.3, -0.25) is 0 Å². The zero-order valence-electron chi connectivity index (χ0n) is 11.0. The predicted molar refractivity (Wildman–Crippen MR) is 72.7 cm³/mol. The highest BCUT2D eigenvalue weighted by Gasteiger charge is 2.30. The van der Waals surface area contributed by atoms with E-state index in [1.54, 1.807) is 0 Å². The van der Waals surface area contributed by atoms with E-state index in [2.05, 4.69) is 10.2 Å². The SMILES string of the molecule is CCN(CC)CCNc1cc(C(F)(F)F)ccc1Cl. The number of benzene rings is 1. The topological polar surface area (TPSA) is 15.3 Å². The molecule has 0 aromatic heterocycles. The number of likely N-dealkylation sites (N-methyl/N-ethyl adjacent to an activating group) is 1. The Bertz CT molecular complexity index is 403. The van der Waals surface area contributed by atoms with Crippen molar-refractivity contribution in [3.63, 3.8) is 0 Å². The van der Waals surface area contributed by atoms with E-state index in [4.69, 9.17) is 11.6 Å². The van der Waals surface area contributed by atoms with Crippen molar-refractivity contribution in [1.29, 1.82) is 0 Å². The van der Waals surface area contributed by atoms with Crippen LogP contribution in [0.15, 0.2) is 18.2 Å². The highest BCUT2D eigenvalue weighted by Crippen LogP contribution is 2.33. The minimum atomic E-state index is -4.35. The van der Waals surface area contributed by atoms with Crippen molar-refractivity contribution in [1.82, 2.24) is 4.90 Å². The minimum Gasteiger partial charge on any atom is -0.383 e. The monoisotopic (exact) mass is 294 g/mol. The Morgan fingerprint density at radius 1 is 1.21 bits per heavy atom. The summed E-state index contributed by atoms with van der Waals surface area (Å²) >= 11 is 5.89. The fraction of sp³-hybridized carbons (Fsp3) is 0.538. The van der Waals surface area contributed by atoms with Crippen LogP contribution in [0.3, 0.4) is 0 Å². The Labute approximate surface area is 116 Å². The van der Waals surface area contributed by atoms with Crippen molar-refractivity contribution < 1.29 is 13.2 Å². The van der Waals surface area contributed by atoms with Crippen molar-refractivity contribution in [3.8, 4) is 0 Å². The number of nitrogens with one attached hydrogen (secondary N) is 1. The molecule has 108 valence electrons. The van der Waals surface area contributed by atoms with Gasteiger partial charge in [0.2, 0.25) is 0 Å². The molecule has 1 N–H and O–H groups in total. The summed E-state index contributed by atoms with van der Waals surface area (Å²) in [7, 11) is 0. The van der Waals surface area contributed by atoms with Gasteiger partial charge in [-0.2, -0.15) is 13.2 Å². The van der Waals surface area contributed by atoms with E-state index in [1.165, 1.54) is 6.07 Å². The van der Waals surface area contributed by atoms with Gasteiger partial charge in [-0.1, -0.05) is 25.4 Å². The Morgan fingerprint density at radius 2 is 1.84 bits per heavy atom. The molecule has 0 unspecified atom stereocenters. The highest BCUT2D eigenvalue weighted by atomic mass is 35.5. The largest absolute Gasteiger partial charge is 0.416 e. The number of anilines is 1. The summed E-state index contributed by atoms with van der Waals surface area (Å²) in [5.74, 6) is 0. The fourth-order valence-electron chi connectivity index (χ4n) is 1.73. The zero-order chi connectivity index (χ0) is 14.5. The van der Waals surface area contributed by atoms with Gasteiger partial charge in [0.25, 0.3) is 0 Å². The molecule has 0 saturated carbocycles. The Kier molecular flexibility index (Phi) is 5.94. The summed E-state index contributed by atoms with van der Waals surface area (Å²) in [6.07, 6.45) is -4.35. The third-order valence-corrected chi connectivity index (χ3v) is 3.26. The normalized spacial score (nSPS) is 11.9.